The van der Waals surface area contributed by atoms with E-state index in [2.05, 4.69) is 30.5 Å². The summed E-state index contributed by atoms with van der Waals surface area (Å²) < 4.78 is 5.34. The number of carbonyl (C=O) groups excluding carboxylic acids is 3. The molecule has 2 aromatic heterocycles. The molecule has 7 N–H and O–H groups in total. The van der Waals surface area contributed by atoms with Gasteiger partial charge in [0.25, 0.3) is 0 Å². The molecule has 41 heavy (non-hydrogen) atoms. The Balaban J connectivity index is 1.53. The lowest BCUT2D eigenvalue weighted by Crippen LogP contribution is -2.54. The van der Waals surface area contributed by atoms with Gasteiger partial charge in [-0.15, -0.1) is 0 Å². The predicted octanol–water partition coefficient (Wildman–Crippen LogP) is 1.73. The summed E-state index contributed by atoms with van der Waals surface area (Å²) >= 11 is 0. The second kappa shape index (κ2) is 13.0. The van der Waals surface area contributed by atoms with Gasteiger partial charge in [0, 0.05) is 51.7 Å². The van der Waals surface area contributed by atoms with Crippen molar-refractivity contribution in [2.45, 2.75) is 38.6 Å². The van der Waals surface area contributed by atoms with Crippen molar-refractivity contribution in [3.8, 4) is 5.75 Å². The molecule has 0 saturated carbocycles. The first-order valence-electron chi connectivity index (χ1n) is 13.7. The number of carbonyl (C=O) groups is 3. The van der Waals surface area contributed by atoms with Crippen molar-refractivity contribution in [1.29, 1.82) is 0 Å². The maximum absolute atomic E-state index is 13.9. The second-order valence-electron chi connectivity index (χ2n) is 10.7. The molecule has 13 nitrogen and oxygen atoms in total. The molecule has 0 bridgehead atoms. The van der Waals surface area contributed by atoms with Crippen LogP contribution in [0.4, 0.5) is 16.3 Å². The van der Waals surface area contributed by atoms with Gasteiger partial charge in [-0.3, -0.25) is 9.59 Å². The summed E-state index contributed by atoms with van der Waals surface area (Å²) in [6.45, 7) is 3.66. The number of aryl methyl sites for hydroxylation is 1. The molecular weight excluding hydrogens is 526 g/mol. The normalized spacial score (nSPS) is 15.3. The number of amides is 3. The second-order valence-corrected chi connectivity index (χ2v) is 10.7. The minimum Gasteiger partial charge on any atom is -0.410 e. The zero-order chi connectivity index (χ0) is 29.6. The molecular formula is C28H39N9O4. The molecule has 3 aromatic rings. The van der Waals surface area contributed by atoms with Gasteiger partial charge >= 0.3 is 6.09 Å². The van der Waals surface area contributed by atoms with E-state index in [1.54, 1.807) is 38.4 Å². The summed E-state index contributed by atoms with van der Waals surface area (Å²) in [6, 6.07) is 5.95. The first-order valence-corrected chi connectivity index (χ1v) is 13.7. The number of ether oxygens (including phenoxy) is 1. The SMILES string of the molecule is Cc1c[nH]c2ncnc(N3CCC(CNC(=O)[C@@H](N)CCCN)(C(=O)Nc4cccc(OC(=O)N(C)C)c4)CC3)c12. The maximum atomic E-state index is 13.9. The standard InChI is InChI=1S/C28H39N9O4/c1-18-15-31-23-22(18)24(34-17-33-23)37-12-9-28(10-13-37,16-32-25(38)21(30)8-5-11-29)26(39)35-19-6-4-7-20(14-19)41-27(40)36(2)3/h4,6-7,14-15,17,21H,5,8-13,16,29-30H2,1-3H3,(H,32,38)(H,35,39)(H,31,33,34)/t21-/m0/s1. The van der Waals surface area contributed by atoms with E-state index in [1.165, 1.54) is 11.2 Å². The lowest BCUT2D eigenvalue weighted by Gasteiger charge is -2.41. The van der Waals surface area contributed by atoms with Crippen LogP contribution in [0.3, 0.4) is 0 Å². The number of rotatable bonds is 10. The molecule has 1 atom stereocenters. The molecule has 1 fully saturated rings. The molecule has 0 aliphatic carbocycles. The minimum absolute atomic E-state index is 0.125. The Morgan fingerprint density at radius 2 is 1.98 bits per heavy atom. The van der Waals surface area contributed by atoms with Gasteiger partial charge in [-0.1, -0.05) is 6.07 Å². The van der Waals surface area contributed by atoms with Crippen molar-refractivity contribution in [3.05, 3.63) is 42.4 Å². The molecule has 0 unspecified atom stereocenters. The molecule has 1 aliphatic rings. The molecule has 0 spiro atoms. The number of aromatic amines is 1. The molecule has 13 heteroatoms. The summed E-state index contributed by atoms with van der Waals surface area (Å²) in [6.07, 6.45) is 4.92. The summed E-state index contributed by atoms with van der Waals surface area (Å²) in [5.74, 6) is 0.561. The van der Waals surface area contributed by atoms with Crippen molar-refractivity contribution in [3.63, 3.8) is 0 Å². The van der Waals surface area contributed by atoms with Crippen LogP contribution in [0.25, 0.3) is 11.0 Å². The fourth-order valence-electron chi connectivity index (χ4n) is 4.92. The number of benzene rings is 1. The zero-order valence-electron chi connectivity index (χ0n) is 23.8. The number of aromatic nitrogens is 3. The maximum Gasteiger partial charge on any atom is 0.414 e. The number of nitrogens with one attached hydrogen (secondary N) is 3. The molecule has 3 heterocycles. The highest BCUT2D eigenvalue weighted by Gasteiger charge is 2.42. The monoisotopic (exact) mass is 565 g/mol. The Morgan fingerprint density at radius 3 is 2.68 bits per heavy atom. The van der Waals surface area contributed by atoms with Gasteiger partial charge in [-0.05, 0) is 56.8 Å². The highest BCUT2D eigenvalue weighted by atomic mass is 16.6. The topological polar surface area (TPSA) is 185 Å². The molecule has 220 valence electrons. The van der Waals surface area contributed by atoms with Gasteiger partial charge in [0.2, 0.25) is 11.8 Å². The van der Waals surface area contributed by atoms with Crippen LogP contribution in [0.5, 0.6) is 5.75 Å². The van der Waals surface area contributed by atoms with E-state index in [1.807, 2.05) is 13.1 Å². The van der Waals surface area contributed by atoms with Gasteiger partial charge in [0.1, 0.15) is 23.5 Å². The molecule has 1 aliphatic heterocycles. The van der Waals surface area contributed by atoms with Gasteiger partial charge in [-0.25, -0.2) is 14.8 Å². The van der Waals surface area contributed by atoms with E-state index >= 15 is 0 Å². The average Bonchev–Trinajstić information content (AvgIpc) is 3.35. The van der Waals surface area contributed by atoms with Crippen molar-refractivity contribution in [2.24, 2.45) is 16.9 Å². The van der Waals surface area contributed by atoms with E-state index in [0.717, 1.165) is 22.4 Å². The number of hydrogen-bond donors (Lipinski definition) is 5. The first kappa shape index (κ1) is 29.7. The van der Waals surface area contributed by atoms with Crippen molar-refractivity contribution >= 4 is 40.4 Å². The fraction of sp³-hybridized carbons (Fsp3) is 0.464. The quantitative estimate of drug-likeness (QED) is 0.244. The van der Waals surface area contributed by atoms with Gasteiger partial charge in [0.05, 0.1) is 16.8 Å². The van der Waals surface area contributed by atoms with Crippen LogP contribution < -0.4 is 31.7 Å². The lowest BCUT2D eigenvalue weighted by molar-refractivity contribution is -0.128. The van der Waals surface area contributed by atoms with E-state index in [9.17, 15) is 14.4 Å². The number of hydrogen-bond acceptors (Lipinski definition) is 9. The fourth-order valence-corrected chi connectivity index (χ4v) is 4.92. The smallest absolute Gasteiger partial charge is 0.410 e. The van der Waals surface area contributed by atoms with E-state index < -0.39 is 17.6 Å². The largest absolute Gasteiger partial charge is 0.414 e. The number of fused-ring (bicyclic) bond motifs is 1. The number of H-pyrrole nitrogens is 1. The summed E-state index contributed by atoms with van der Waals surface area (Å²) in [5.41, 5.74) is 13.0. The van der Waals surface area contributed by atoms with Crippen LogP contribution in [0.2, 0.25) is 0 Å². The number of nitrogens with two attached hydrogens (primary N) is 2. The Labute approximate surface area is 239 Å². The van der Waals surface area contributed by atoms with Crippen LogP contribution in [-0.2, 0) is 9.59 Å². The Kier molecular flexibility index (Phi) is 9.40. The van der Waals surface area contributed by atoms with Crippen LogP contribution in [0.15, 0.2) is 36.8 Å². The highest BCUT2D eigenvalue weighted by Crippen LogP contribution is 2.36. The number of nitrogens with zero attached hydrogens (tertiary/aromatic N) is 4. The van der Waals surface area contributed by atoms with Crippen molar-refractivity contribution in [2.75, 3.05) is 50.5 Å². The van der Waals surface area contributed by atoms with Crippen LogP contribution >= 0.6 is 0 Å². The third-order valence-electron chi connectivity index (χ3n) is 7.47. The van der Waals surface area contributed by atoms with E-state index in [0.29, 0.717) is 56.8 Å². The zero-order valence-corrected chi connectivity index (χ0v) is 23.8. The van der Waals surface area contributed by atoms with Crippen molar-refractivity contribution < 1.29 is 19.1 Å². The highest BCUT2D eigenvalue weighted by molar-refractivity contribution is 5.97. The molecule has 0 radical (unpaired) electrons. The van der Waals surface area contributed by atoms with E-state index in [4.69, 9.17) is 16.2 Å². The van der Waals surface area contributed by atoms with Crippen LogP contribution in [0, 0.1) is 12.3 Å². The van der Waals surface area contributed by atoms with Gasteiger partial charge in [0.15, 0.2) is 0 Å². The Morgan fingerprint density at radius 1 is 1.22 bits per heavy atom. The summed E-state index contributed by atoms with van der Waals surface area (Å²) in [4.78, 5) is 54.1. The lowest BCUT2D eigenvalue weighted by atomic mass is 9.77. The minimum atomic E-state index is -0.907. The van der Waals surface area contributed by atoms with Crippen molar-refractivity contribution in [1.82, 2.24) is 25.2 Å². The third kappa shape index (κ3) is 6.92. The predicted molar refractivity (Wildman–Crippen MR) is 157 cm³/mol. The first-order chi connectivity index (χ1) is 19.6. The number of anilines is 2. The average molecular weight is 566 g/mol. The summed E-state index contributed by atoms with van der Waals surface area (Å²) in [7, 11) is 3.17. The van der Waals surface area contributed by atoms with Gasteiger partial charge in [-0.2, -0.15) is 0 Å². The Bertz CT molecular complexity index is 1380. The number of piperidine rings is 1. The van der Waals surface area contributed by atoms with E-state index in [-0.39, 0.29) is 18.4 Å². The summed E-state index contributed by atoms with van der Waals surface area (Å²) in [5, 5.41) is 6.85. The van der Waals surface area contributed by atoms with Crippen LogP contribution in [0.1, 0.15) is 31.2 Å². The molecule has 4 rings (SSSR count). The van der Waals surface area contributed by atoms with Gasteiger partial charge < -0.3 is 41.6 Å². The molecule has 3 amide bonds. The third-order valence-corrected chi connectivity index (χ3v) is 7.47. The Hall–Kier alpha value is -4.23. The molecule has 1 aromatic carbocycles. The molecule has 1 saturated heterocycles. The van der Waals surface area contributed by atoms with Crippen LogP contribution in [-0.4, -0.2) is 84.1 Å².